The summed E-state index contributed by atoms with van der Waals surface area (Å²) in [5.41, 5.74) is 4.34. The highest BCUT2D eigenvalue weighted by molar-refractivity contribution is 5.72. The van der Waals surface area contributed by atoms with Crippen molar-refractivity contribution >= 4 is 11.2 Å². The van der Waals surface area contributed by atoms with Crippen LogP contribution in [0.5, 0.6) is 0 Å². The Balaban J connectivity index is 2.12. The van der Waals surface area contributed by atoms with Crippen LogP contribution in [0.25, 0.3) is 11.2 Å². The standard InChI is InChI=1S/C17H16N4O/c1-12-7-15-17(19-9-12)21(16(20-15)11-22-2)10-14-6-4-3-5-13(14)8-18/h3-7,9H,10-11H2,1-2H3. The molecular weight excluding hydrogens is 276 g/mol. The van der Waals surface area contributed by atoms with Crippen LogP contribution in [0, 0.1) is 18.3 Å². The monoisotopic (exact) mass is 292 g/mol. The lowest BCUT2D eigenvalue weighted by Gasteiger charge is -2.09. The Morgan fingerprint density at radius 2 is 2.14 bits per heavy atom. The maximum Gasteiger partial charge on any atom is 0.160 e. The molecule has 0 aliphatic carbocycles. The van der Waals surface area contributed by atoms with Gasteiger partial charge in [-0.05, 0) is 30.2 Å². The van der Waals surface area contributed by atoms with E-state index in [-0.39, 0.29) is 0 Å². The number of benzene rings is 1. The molecule has 0 aliphatic heterocycles. The number of hydrogen-bond acceptors (Lipinski definition) is 4. The van der Waals surface area contributed by atoms with Crippen molar-refractivity contribution in [3.05, 3.63) is 59.0 Å². The van der Waals surface area contributed by atoms with Crippen molar-refractivity contribution in [1.82, 2.24) is 14.5 Å². The molecule has 0 N–H and O–H groups in total. The number of methoxy groups -OCH3 is 1. The Morgan fingerprint density at radius 3 is 2.91 bits per heavy atom. The van der Waals surface area contributed by atoms with Crippen LogP contribution in [-0.2, 0) is 17.9 Å². The summed E-state index contributed by atoms with van der Waals surface area (Å²) in [6, 6.07) is 11.8. The number of hydrogen-bond donors (Lipinski definition) is 0. The van der Waals surface area contributed by atoms with Gasteiger partial charge in [-0.2, -0.15) is 5.26 Å². The zero-order valence-electron chi connectivity index (χ0n) is 12.6. The fourth-order valence-electron chi connectivity index (χ4n) is 2.50. The Bertz CT molecular complexity index is 861. The largest absolute Gasteiger partial charge is 0.377 e. The summed E-state index contributed by atoms with van der Waals surface area (Å²) in [5.74, 6) is 0.809. The van der Waals surface area contributed by atoms with Crippen LogP contribution in [0.3, 0.4) is 0 Å². The molecule has 0 saturated carbocycles. The summed E-state index contributed by atoms with van der Waals surface area (Å²) in [5, 5.41) is 9.25. The SMILES string of the molecule is COCc1nc2cc(C)cnc2n1Cc1ccccc1C#N. The van der Waals surface area contributed by atoms with Crippen molar-refractivity contribution in [2.24, 2.45) is 0 Å². The van der Waals surface area contributed by atoms with E-state index in [2.05, 4.69) is 16.0 Å². The quantitative estimate of drug-likeness (QED) is 0.741. The van der Waals surface area contributed by atoms with E-state index in [9.17, 15) is 5.26 Å². The van der Waals surface area contributed by atoms with Crippen LogP contribution >= 0.6 is 0 Å². The molecule has 2 aromatic heterocycles. The lowest BCUT2D eigenvalue weighted by atomic mass is 10.1. The normalized spacial score (nSPS) is 10.8. The minimum absolute atomic E-state index is 0.407. The van der Waals surface area contributed by atoms with Crippen molar-refractivity contribution in [1.29, 1.82) is 5.26 Å². The highest BCUT2D eigenvalue weighted by Gasteiger charge is 2.13. The van der Waals surface area contributed by atoms with E-state index >= 15 is 0 Å². The molecule has 5 nitrogen and oxygen atoms in total. The third kappa shape index (κ3) is 2.57. The molecule has 3 aromatic rings. The van der Waals surface area contributed by atoms with Crippen molar-refractivity contribution in [3.63, 3.8) is 0 Å². The van der Waals surface area contributed by atoms with Gasteiger partial charge in [-0.25, -0.2) is 9.97 Å². The lowest BCUT2D eigenvalue weighted by molar-refractivity contribution is 0.175. The number of pyridine rings is 1. The van der Waals surface area contributed by atoms with Gasteiger partial charge in [0.05, 0.1) is 18.2 Å². The number of aromatic nitrogens is 3. The molecule has 0 spiro atoms. The smallest absolute Gasteiger partial charge is 0.160 e. The van der Waals surface area contributed by atoms with Crippen molar-refractivity contribution < 1.29 is 4.74 Å². The van der Waals surface area contributed by atoms with E-state index in [4.69, 9.17) is 4.74 Å². The fraction of sp³-hybridized carbons (Fsp3) is 0.235. The topological polar surface area (TPSA) is 63.7 Å². The van der Waals surface area contributed by atoms with Crippen LogP contribution in [0.1, 0.15) is 22.5 Å². The maximum absolute atomic E-state index is 9.25. The van der Waals surface area contributed by atoms with E-state index in [1.165, 1.54) is 0 Å². The molecule has 2 heterocycles. The molecule has 3 rings (SSSR count). The third-order valence-corrected chi connectivity index (χ3v) is 3.54. The summed E-state index contributed by atoms with van der Waals surface area (Å²) in [4.78, 5) is 9.10. The summed E-state index contributed by atoms with van der Waals surface area (Å²) < 4.78 is 7.25. The van der Waals surface area contributed by atoms with Crippen LogP contribution in [0.15, 0.2) is 36.5 Å². The number of rotatable bonds is 4. The van der Waals surface area contributed by atoms with Crippen molar-refractivity contribution in [2.45, 2.75) is 20.1 Å². The fourth-order valence-corrected chi connectivity index (χ4v) is 2.50. The molecule has 0 radical (unpaired) electrons. The molecule has 0 saturated heterocycles. The highest BCUT2D eigenvalue weighted by atomic mass is 16.5. The molecule has 5 heteroatoms. The number of fused-ring (bicyclic) bond motifs is 1. The van der Waals surface area contributed by atoms with E-state index < -0.39 is 0 Å². The molecule has 22 heavy (non-hydrogen) atoms. The Morgan fingerprint density at radius 1 is 1.32 bits per heavy atom. The molecule has 0 amide bonds. The van der Waals surface area contributed by atoms with Crippen LogP contribution < -0.4 is 0 Å². The Kier molecular flexibility index (Phi) is 3.86. The molecule has 0 atom stereocenters. The minimum atomic E-state index is 0.407. The Labute approximate surface area is 128 Å². The summed E-state index contributed by atoms with van der Waals surface area (Å²) in [6.07, 6.45) is 1.83. The van der Waals surface area contributed by atoms with Gasteiger partial charge in [0.2, 0.25) is 0 Å². The summed E-state index contributed by atoms with van der Waals surface area (Å²) in [7, 11) is 1.64. The van der Waals surface area contributed by atoms with E-state index in [1.54, 1.807) is 7.11 Å². The molecular formula is C17H16N4O. The van der Waals surface area contributed by atoms with Gasteiger partial charge in [-0.3, -0.25) is 0 Å². The third-order valence-electron chi connectivity index (χ3n) is 3.54. The first kappa shape index (κ1) is 14.2. The molecule has 0 unspecified atom stereocenters. The second-order valence-corrected chi connectivity index (χ2v) is 5.17. The van der Waals surface area contributed by atoms with Gasteiger partial charge in [0.1, 0.15) is 17.9 Å². The van der Waals surface area contributed by atoms with E-state index in [1.807, 2.05) is 48.0 Å². The van der Waals surface area contributed by atoms with Crippen LogP contribution in [0.4, 0.5) is 0 Å². The zero-order valence-corrected chi connectivity index (χ0v) is 12.6. The number of imidazole rings is 1. The number of aryl methyl sites for hydroxylation is 1. The first-order chi connectivity index (χ1) is 10.7. The number of nitrogens with zero attached hydrogens (tertiary/aromatic N) is 4. The molecule has 0 aliphatic rings. The number of ether oxygens (including phenoxy) is 1. The van der Waals surface area contributed by atoms with Crippen LogP contribution in [0.2, 0.25) is 0 Å². The number of nitriles is 1. The predicted molar refractivity (Wildman–Crippen MR) is 83.2 cm³/mol. The first-order valence-electron chi connectivity index (χ1n) is 7.01. The highest BCUT2D eigenvalue weighted by Crippen LogP contribution is 2.19. The van der Waals surface area contributed by atoms with Gasteiger partial charge in [-0.1, -0.05) is 18.2 Å². The average Bonchev–Trinajstić information content (AvgIpc) is 2.85. The van der Waals surface area contributed by atoms with Gasteiger partial charge in [0.25, 0.3) is 0 Å². The van der Waals surface area contributed by atoms with Gasteiger partial charge in [0, 0.05) is 13.3 Å². The van der Waals surface area contributed by atoms with Gasteiger partial charge in [-0.15, -0.1) is 0 Å². The summed E-state index contributed by atoms with van der Waals surface area (Å²) in [6.45, 7) is 2.95. The molecule has 0 fully saturated rings. The molecule has 1 aromatic carbocycles. The van der Waals surface area contributed by atoms with Crippen molar-refractivity contribution in [2.75, 3.05) is 7.11 Å². The van der Waals surface area contributed by atoms with Crippen LogP contribution in [-0.4, -0.2) is 21.6 Å². The van der Waals surface area contributed by atoms with E-state index in [0.29, 0.717) is 18.7 Å². The second-order valence-electron chi connectivity index (χ2n) is 5.17. The van der Waals surface area contributed by atoms with Gasteiger partial charge < -0.3 is 9.30 Å². The van der Waals surface area contributed by atoms with Gasteiger partial charge >= 0.3 is 0 Å². The predicted octanol–water partition coefficient (Wildman–Crippen LogP) is 2.81. The van der Waals surface area contributed by atoms with E-state index in [0.717, 1.165) is 28.1 Å². The maximum atomic E-state index is 9.25. The average molecular weight is 292 g/mol. The molecule has 0 bridgehead atoms. The minimum Gasteiger partial charge on any atom is -0.377 e. The van der Waals surface area contributed by atoms with Gasteiger partial charge in [0.15, 0.2) is 5.65 Å². The van der Waals surface area contributed by atoms with Crippen molar-refractivity contribution in [3.8, 4) is 6.07 Å². The Hall–Kier alpha value is -2.71. The first-order valence-corrected chi connectivity index (χ1v) is 7.01. The lowest BCUT2D eigenvalue weighted by Crippen LogP contribution is -2.08. The molecule has 110 valence electrons. The zero-order chi connectivity index (χ0) is 15.5. The second kappa shape index (κ2) is 5.96. The summed E-state index contributed by atoms with van der Waals surface area (Å²) >= 11 is 0.